The Morgan fingerprint density at radius 2 is 2.22 bits per heavy atom. The number of nitrogens with zero attached hydrogens (tertiary/aromatic N) is 4. The van der Waals surface area contributed by atoms with Crippen LogP contribution in [0.5, 0.6) is 0 Å². The number of fused-ring (bicyclic) bond motifs is 3. The highest BCUT2D eigenvalue weighted by Crippen LogP contribution is 2.40. The van der Waals surface area contributed by atoms with Gasteiger partial charge in [0.1, 0.15) is 5.82 Å². The van der Waals surface area contributed by atoms with Gasteiger partial charge in [-0.2, -0.15) is 0 Å². The Morgan fingerprint density at radius 3 is 2.91 bits per heavy atom. The first kappa shape index (κ1) is 20.9. The number of thiazole rings is 1. The van der Waals surface area contributed by atoms with Crippen LogP contribution in [-0.2, 0) is 4.79 Å². The molecule has 0 spiro atoms. The SMILES string of the molecule is C=CC(=O)N1C2C=C(c3nc(Nc4ncc(C)s4)cc4c3ccn4C(C)C)CC1CCC2. The molecule has 3 aromatic heterocycles. The molecule has 1 fully saturated rings. The molecular formula is C25H29N5OS. The van der Waals surface area contributed by atoms with Crippen LogP contribution in [0, 0.1) is 6.92 Å². The fraction of sp³-hybridized carbons (Fsp3) is 0.400. The predicted molar refractivity (Wildman–Crippen MR) is 131 cm³/mol. The van der Waals surface area contributed by atoms with Crippen LogP contribution in [0.15, 0.2) is 43.3 Å². The number of hydrogen-bond acceptors (Lipinski definition) is 5. The van der Waals surface area contributed by atoms with E-state index in [-0.39, 0.29) is 18.0 Å². The second-order valence-electron chi connectivity index (χ2n) is 9.00. The molecule has 0 radical (unpaired) electrons. The first-order chi connectivity index (χ1) is 15.4. The number of piperidine rings is 1. The molecule has 2 aliphatic rings. The van der Waals surface area contributed by atoms with Gasteiger partial charge in [-0.1, -0.05) is 12.7 Å². The minimum absolute atomic E-state index is 0.0358. The fourth-order valence-electron chi connectivity index (χ4n) is 5.09. The maximum Gasteiger partial charge on any atom is 0.246 e. The smallest absolute Gasteiger partial charge is 0.246 e. The summed E-state index contributed by atoms with van der Waals surface area (Å²) in [6, 6.07) is 4.96. The molecule has 2 atom stereocenters. The van der Waals surface area contributed by atoms with Crippen molar-refractivity contribution in [1.29, 1.82) is 0 Å². The van der Waals surface area contributed by atoms with E-state index in [0.717, 1.165) is 58.1 Å². The van der Waals surface area contributed by atoms with Crippen LogP contribution in [-0.4, -0.2) is 37.4 Å². The van der Waals surface area contributed by atoms with Gasteiger partial charge in [0.05, 0.1) is 17.3 Å². The van der Waals surface area contributed by atoms with Crippen molar-refractivity contribution in [3.63, 3.8) is 0 Å². The van der Waals surface area contributed by atoms with Crippen molar-refractivity contribution < 1.29 is 4.79 Å². The Bertz CT molecular complexity index is 1220. The number of rotatable bonds is 5. The standard InChI is InChI=1S/C25H29N5OS/c1-5-23(31)30-18-7-6-8-19(30)12-17(11-18)24-20-9-10-29(15(2)3)21(20)13-22(27-24)28-25-26-14-16(4)32-25/h5,9-11,13-15,18-19H,1,6-8,12H2,2-4H3,(H,26,27,28). The number of amides is 1. The van der Waals surface area contributed by atoms with Crippen molar-refractivity contribution in [3.05, 3.63) is 53.8 Å². The third-order valence-corrected chi connectivity index (χ3v) is 7.33. The summed E-state index contributed by atoms with van der Waals surface area (Å²) in [4.78, 5) is 25.2. The summed E-state index contributed by atoms with van der Waals surface area (Å²) < 4.78 is 2.29. The highest BCUT2D eigenvalue weighted by atomic mass is 32.1. The molecule has 0 saturated carbocycles. The van der Waals surface area contributed by atoms with Gasteiger partial charge in [-0.25, -0.2) is 9.97 Å². The van der Waals surface area contributed by atoms with E-state index in [1.807, 2.05) is 11.1 Å². The van der Waals surface area contributed by atoms with Crippen molar-refractivity contribution in [2.45, 2.75) is 64.6 Å². The lowest BCUT2D eigenvalue weighted by Gasteiger charge is -2.44. The summed E-state index contributed by atoms with van der Waals surface area (Å²) in [5, 5.41) is 5.42. The number of pyridine rings is 1. The van der Waals surface area contributed by atoms with Crippen molar-refractivity contribution in [2.75, 3.05) is 5.32 Å². The number of anilines is 2. The summed E-state index contributed by atoms with van der Waals surface area (Å²) in [5.74, 6) is 0.840. The van der Waals surface area contributed by atoms with Gasteiger partial charge in [-0.15, -0.1) is 11.3 Å². The Balaban J connectivity index is 1.62. The quantitative estimate of drug-likeness (QED) is 0.499. The Morgan fingerprint density at radius 1 is 1.38 bits per heavy atom. The molecule has 32 heavy (non-hydrogen) atoms. The predicted octanol–water partition coefficient (Wildman–Crippen LogP) is 5.85. The van der Waals surface area contributed by atoms with Crippen molar-refractivity contribution in [1.82, 2.24) is 19.4 Å². The number of nitrogens with one attached hydrogen (secondary N) is 1. The van der Waals surface area contributed by atoms with Crippen LogP contribution in [0.25, 0.3) is 16.5 Å². The Hall–Kier alpha value is -2.93. The molecule has 5 heterocycles. The molecule has 2 aliphatic heterocycles. The summed E-state index contributed by atoms with van der Waals surface area (Å²) in [5.41, 5.74) is 3.41. The van der Waals surface area contributed by atoms with Gasteiger partial charge in [0, 0.05) is 40.8 Å². The van der Waals surface area contributed by atoms with Crippen LogP contribution in [0.1, 0.15) is 56.1 Å². The van der Waals surface area contributed by atoms with Crippen LogP contribution >= 0.6 is 11.3 Å². The third-order valence-electron chi connectivity index (χ3n) is 6.50. The van der Waals surface area contributed by atoms with Crippen molar-refractivity contribution >= 4 is 44.7 Å². The minimum Gasteiger partial charge on any atom is -0.345 e. The van der Waals surface area contributed by atoms with Crippen molar-refractivity contribution in [3.8, 4) is 0 Å². The highest BCUT2D eigenvalue weighted by Gasteiger charge is 2.37. The van der Waals surface area contributed by atoms with Crippen LogP contribution in [0.3, 0.4) is 0 Å². The summed E-state index contributed by atoms with van der Waals surface area (Å²) in [6.07, 6.45) is 11.7. The lowest BCUT2D eigenvalue weighted by molar-refractivity contribution is -0.131. The molecule has 0 aliphatic carbocycles. The van der Waals surface area contributed by atoms with Gasteiger partial charge < -0.3 is 14.8 Å². The molecule has 1 saturated heterocycles. The summed E-state index contributed by atoms with van der Waals surface area (Å²) in [6.45, 7) is 10.2. The fourth-order valence-corrected chi connectivity index (χ4v) is 5.76. The molecule has 7 heteroatoms. The van der Waals surface area contributed by atoms with Crippen LogP contribution in [0.2, 0.25) is 0 Å². The zero-order chi connectivity index (χ0) is 22.4. The van der Waals surface area contributed by atoms with Gasteiger partial charge in [0.15, 0.2) is 5.13 Å². The molecule has 6 nitrogen and oxygen atoms in total. The molecule has 5 rings (SSSR count). The van der Waals surface area contributed by atoms with E-state index in [0.29, 0.717) is 6.04 Å². The third kappa shape index (κ3) is 3.64. The number of aryl methyl sites for hydroxylation is 1. The number of carbonyl (C=O) groups excluding carboxylic acids is 1. The average Bonchev–Trinajstić information content (AvgIpc) is 3.37. The van der Waals surface area contributed by atoms with E-state index >= 15 is 0 Å². The van der Waals surface area contributed by atoms with Gasteiger partial charge in [0.25, 0.3) is 0 Å². The molecule has 0 aromatic carbocycles. The lowest BCUT2D eigenvalue weighted by atomic mass is 9.83. The van der Waals surface area contributed by atoms with E-state index in [9.17, 15) is 4.79 Å². The monoisotopic (exact) mass is 447 g/mol. The van der Waals surface area contributed by atoms with E-state index < -0.39 is 0 Å². The zero-order valence-electron chi connectivity index (χ0n) is 18.8. The van der Waals surface area contributed by atoms with Gasteiger partial charge in [-0.05, 0) is 64.2 Å². The van der Waals surface area contributed by atoms with E-state index in [1.54, 1.807) is 11.3 Å². The first-order valence-corrected chi connectivity index (χ1v) is 12.1. The highest BCUT2D eigenvalue weighted by molar-refractivity contribution is 7.15. The second-order valence-corrected chi connectivity index (χ2v) is 10.2. The lowest BCUT2D eigenvalue weighted by Crippen LogP contribution is -2.51. The van der Waals surface area contributed by atoms with E-state index in [4.69, 9.17) is 4.98 Å². The van der Waals surface area contributed by atoms with Crippen LogP contribution < -0.4 is 5.32 Å². The van der Waals surface area contributed by atoms with Crippen molar-refractivity contribution in [2.24, 2.45) is 0 Å². The van der Waals surface area contributed by atoms with Gasteiger partial charge in [0.2, 0.25) is 5.91 Å². The van der Waals surface area contributed by atoms with E-state index in [1.165, 1.54) is 11.6 Å². The minimum atomic E-state index is 0.0358. The van der Waals surface area contributed by atoms with E-state index in [2.05, 4.69) is 66.6 Å². The molecule has 166 valence electrons. The summed E-state index contributed by atoms with van der Waals surface area (Å²) >= 11 is 1.62. The van der Waals surface area contributed by atoms with Gasteiger partial charge >= 0.3 is 0 Å². The van der Waals surface area contributed by atoms with Gasteiger partial charge in [-0.3, -0.25) is 4.79 Å². The molecule has 1 amide bonds. The molecule has 2 bridgehead atoms. The van der Waals surface area contributed by atoms with Crippen LogP contribution in [0.4, 0.5) is 10.9 Å². The largest absolute Gasteiger partial charge is 0.345 e. The maximum absolute atomic E-state index is 12.5. The number of hydrogen-bond donors (Lipinski definition) is 1. The molecule has 1 N–H and O–H groups in total. The number of aromatic nitrogens is 3. The summed E-state index contributed by atoms with van der Waals surface area (Å²) in [7, 11) is 0. The second kappa shape index (κ2) is 8.20. The normalized spacial score (nSPS) is 20.5. The molecular weight excluding hydrogens is 418 g/mol. The molecule has 3 aromatic rings. The number of carbonyl (C=O) groups is 1. The molecule has 2 unspecified atom stereocenters. The Kier molecular flexibility index (Phi) is 5.37. The topological polar surface area (TPSA) is 63.1 Å². The first-order valence-electron chi connectivity index (χ1n) is 11.3. The average molecular weight is 448 g/mol. The Labute approximate surface area is 192 Å². The maximum atomic E-state index is 12.5. The zero-order valence-corrected chi connectivity index (χ0v) is 19.7.